The van der Waals surface area contributed by atoms with Crippen LogP contribution in [-0.4, -0.2) is 6.54 Å². The van der Waals surface area contributed by atoms with Crippen LogP contribution in [0, 0.1) is 0 Å². The van der Waals surface area contributed by atoms with E-state index in [1.54, 1.807) is 0 Å². The molecule has 0 amide bonds. The van der Waals surface area contributed by atoms with E-state index in [2.05, 4.69) is 46.4 Å². The first-order valence-electron chi connectivity index (χ1n) is 5.35. The van der Waals surface area contributed by atoms with Crippen LogP contribution in [0.4, 0.5) is 5.69 Å². The lowest BCUT2D eigenvalue weighted by molar-refractivity contribution is 0.622. The Kier molecular flexibility index (Phi) is 3.12. The van der Waals surface area contributed by atoms with E-state index in [0.29, 0.717) is 0 Å². The number of anilines is 1. The first-order valence-corrected chi connectivity index (χ1v) is 6.14. The van der Waals surface area contributed by atoms with Crippen LogP contribution in [0.5, 0.6) is 0 Å². The monoisotopic (exact) mass is 253 g/mol. The number of nitrogens with one attached hydrogen (secondary N) is 1. The van der Waals surface area contributed by atoms with Crippen LogP contribution < -0.4 is 5.32 Å². The molecular formula is C12H16BrN. The van der Waals surface area contributed by atoms with Crippen LogP contribution in [-0.2, 0) is 0 Å². The molecule has 0 aromatic heterocycles. The summed E-state index contributed by atoms with van der Waals surface area (Å²) in [5.41, 5.74) is 2.81. The average molecular weight is 254 g/mol. The summed E-state index contributed by atoms with van der Waals surface area (Å²) in [7, 11) is 0. The molecule has 76 valence electrons. The fourth-order valence-electron chi connectivity index (χ4n) is 2.11. The van der Waals surface area contributed by atoms with E-state index in [-0.39, 0.29) is 0 Å². The highest BCUT2D eigenvalue weighted by Gasteiger charge is 2.22. The topological polar surface area (TPSA) is 12.0 Å². The minimum absolute atomic E-state index is 0.724. The van der Waals surface area contributed by atoms with Gasteiger partial charge in [0.05, 0.1) is 5.69 Å². The average Bonchev–Trinajstić information content (AvgIpc) is 2.60. The molecule has 0 saturated carbocycles. The lowest BCUT2D eigenvalue weighted by Gasteiger charge is -2.08. The molecular weight excluding hydrogens is 238 g/mol. The zero-order chi connectivity index (χ0) is 9.97. The van der Waals surface area contributed by atoms with Gasteiger partial charge in [-0.2, -0.15) is 0 Å². The van der Waals surface area contributed by atoms with Gasteiger partial charge in [-0.05, 0) is 34.0 Å². The molecule has 1 atom stereocenters. The van der Waals surface area contributed by atoms with Crippen molar-refractivity contribution in [3.05, 3.63) is 28.2 Å². The molecule has 0 bridgehead atoms. The Balaban J connectivity index is 2.18. The smallest absolute Gasteiger partial charge is 0.0520 e. The largest absolute Gasteiger partial charge is 0.383 e. The van der Waals surface area contributed by atoms with Gasteiger partial charge < -0.3 is 5.32 Å². The molecule has 0 spiro atoms. The van der Waals surface area contributed by atoms with Crippen molar-refractivity contribution in [2.45, 2.75) is 32.1 Å². The van der Waals surface area contributed by atoms with Crippen molar-refractivity contribution in [1.29, 1.82) is 0 Å². The van der Waals surface area contributed by atoms with E-state index in [0.717, 1.165) is 12.5 Å². The number of halogens is 1. The normalized spacial score (nSPS) is 19.1. The van der Waals surface area contributed by atoms with Gasteiger partial charge in [-0.1, -0.05) is 31.9 Å². The van der Waals surface area contributed by atoms with Gasteiger partial charge in [0.1, 0.15) is 0 Å². The number of hydrogen-bond acceptors (Lipinski definition) is 1. The number of unbranched alkanes of at least 4 members (excludes halogenated alkanes) is 1. The third kappa shape index (κ3) is 1.81. The molecule has 1 aromatic carbocycles. The van der Waals surface area contributed by atoms with Gasteiger partial charge in [0, 0.05) is 16.9 Å². The van der Waals surface area contributed by atoms with E-state index < -0.39 is 0 Å². The summed E-state index contributed by atoms with van der Waals surface area (Å²) < 4.78 is 1.20. The van der Waals surface area contributed by atoms with E-state index >= 15 is 0 Å². The molecule has 1 unspecified atom stereocenters. The molecule has 0 radical (unpaired) electrons. The van der Waals surface area contributed by atoms with Crippen LogP contribution in [0.25, 0.3) is 0 Å². The van der Waals surface area contributed by atoms with Gasteiger partial charge in [0.15, 0.2) is 0 Å². The summed E-state index contributed by atoms with van der Waals surface area (Å²) in [6.07, 6.45) is 3.94. The molecule has 0 saturated heterocycles. The quantitative estimate of drug-likeness (QED) is 0.854. The molecule has 14 heavy (non-hydrogen) atoms. The first kappa shape index (κ1) is 10.0. The van der Waals surface area contributed by atoms with Gasteiger partial charge in [0.25, 0.3) is 0 Å². The molecule has 1 aliphatic rings. The maximum absolute atomic E-state index is 3.58. The number of para-hydroxylation sites is 1. The Bertz CT molecular complexity index is 322. The van der Waals surface area contributed by atoms with Crippen molar-refractivity contribution in [2.75, 3.05) is 11.9 Å². The van der Waals surface area contributed by atoms with E-state index in [1.165, 1.54) is 35.0 Å². The predicted molar refractivity (Wildman–Crippen MR) is 64.9 cm³/mol. The standard InChI is InChI=1S/C12H16BrN/c1-2-3-5-9-8-14-12-10(9)6-4-7-11(12)13/h4,6-7,9,14H,2-3,5,8H2,1H3. The van der Waals surface area contributed by atoms with Crippen LogP contribution in [0.3, 0.4) is 0 Å². The first-order chi connectivity index (χ1) is 6.83. The minimum Gasteiger partial charge on any atom is -0.383 e. The number of hydrogen-bond donors (Lipinski definition) is 1. The predicted octanol–water partition coefficient (Wildman–Crippen LogP) is 4.15. The summed E-state index contributed by atoms with van der Waals surface area (Å²) in [4.78, 5) is 0. The highest BCUT2D eigenvalue weighted by molar-refractivity contribution is 9.10. The van der Waals surface area contributed by atoms with Gasteiger partial charge in [0.2, 0.25) is 0 Å². The van der Waals surface area contributed by atoms with Crippen LogP contribution in [0.15, 0.2) is 22.7 Å². The Morgan fingerprint density at radius 1 is 1.50 bits per heavy atom. The van der Waals surface area contributed by atoms with Gasteiger partial charge in [-0.25, -0.2) is 0 Å². The SMILES string of the molecule is CCCCC1CNc2c(Br)cccc21. The second-order valence-electron chi connectivity index (χ2n) is 3.92. The van der Waals surface area contributed by atoms with E-state index in [9.17, 15) is 0 Å². The lowest BCUT2D eigenvalue weighted by Crippen LogP contribution is -2.01. The maximum Gasteiger partial charge on any atom is 0.0520 e. The molecule has 1 aliphatic heterocycles. The zero-order valence-electron chi connectivity index (χ0n) is 8.52. The highest BCUT2D eigenvalue weighted by Crippen LogP contribution is 2.38. The van der Waals surface area contributed by atoms with Gasteiger partial charge >= 0.3 is 0 Å². The molecule has 0 fully saturated rings. The summed E-state index contributed by atoms with van der Waals surface area (Å²) in [6.45, 7) is 3.36. The maximum atomic E-state index is 3.58. The van der Waals surface area contributed by atoms with Crippen LogP contribution in [0.1, 0.15) is 37.7 Å². The summed E-state index contributed by atoms with van der Waals surface area (Å²) in [5.74, 6) is 0.724. The summed E-state index contributed by atoms with van der Waals surface area (Å²) >= 11 is 3.58. The zero-order valence-corrected chi connectivity index (χ0v) is 10.1. The molecule has 2 heteroatoms. The number of fused-ring (bicyclic) bond motifs is 1. The Labute approximate surface area is 94.0 Å². The third-order valence-corrected chi connectivity index (χ3v) is 3.58. The molecule has 0 aliphatic carbocycles. The Hall–Kier alpha value is -0.500. The highest BCUT2D eigenvalue weighted by atomic mass is 79.9. The van der Waals surface area contributed by atoms with Gasteiger partial charge in [-0.15, -0.1) is 0 Å². The minimum atomic E-state index is 0.724. The van der Waals surface area contributed by atoms with E-state index in [4.69, 9.17) is 0 Å². The summed E-state index contributed by atoms with van der Waals surface area (Å²) in [6, 6.07) is 6.49. The van der Waals surface area contributed by atoms with Crippen molar-refractivity contribution in [3.8, 4) is 0 Å². The van der Waals surface area contributed by atoms with Gasteiger partial charge in [-0.3, -0.25) is 0 Å². The fourth-order valence-corrected chi connectivity index (χ4v) is 2.63. The number of rotatable bonds is 3. The Morgan fingerprint density at radius 2 is 2.36 bits per heavy atom. The van der Waals surface area contributed by atoms with Crippen molar-refractivity contribution in [3.63, 3.8) is 0 Å². The molecule has 1 aromatic rings. The Morgan fingerprint density at radius 3 is 3.14 bits per heavy atom. The second kappa shape index (κ2) is 4.35. The molecule has 1 N–H and O–H groups in total. The number of benzene rings is 1. The third-order valence-electron chi connectivity index (χ3n) is 2.92. The molecule has 2 rings (SSSR count). The second-order valence-corrected chi connectivity index (χ2v) is 4.78. The fraction of sp³-hybridized carbons (Fsp3) is 0.500. The van der Waals surface area contributed by atoms with Crippen molar-refractivity contribution < 1.29 is 0 Å². The molecule has 1 nitrogen and oxygen atoms in total. The lowest BCUT2D eigenvalue weighted by atomic mass is 9.96. The van der Waals surface area contributed by atoms with Crippen LogP contribution in [0.2, 0.25) is 0 Å². The van der Waals surface area contributed by atoms with Crippen molar-refractivity contribution >= 4 is 21.6 Å². The molecule has 1 heterocycles. The van der Waals surface area contributed by atoms with Crippen LogP contribution >= 0.6 is 15.9 Å². The van der Waals surface area contributed by atoms with E-state index in [1.807, 2.05) is 0 Å². The van der Waals surface area contributed by atoms with Crippen molar-refractivity contribution in [2.24, 2.45) is 0 Å². The summed E-state index contributed by atoms with van der Waals surface area (Å²) in [5, 5.41) is 3.48. The van der Waals surface area contributed by atoms with Crippen molar-refractivity contribution in [1.82, 2.24) is 0 Å².